The van der Waals surface area contributed by atoms with Gasteiger partial charge >= 0.3 is 8.80 Å². The molecule has 0 aliphatic heterocycles. The molecule has 80 valence electrons. The first-order valence-electron chi connectivity index (χ1n) is 4.31. The minimum Gasteiger partial charge on any atom is -0.377 e. The molecule has 0 unspecified atom stereocenters. The van der Waals surface area contributed by atoms with Crippen LogP contribution in [-0.4, -0.2) is 49.8 Å². The molecular formula is C7H20N2O3Si. The van der Waals surface area contributed by atoms with Crippen LogP contribution in [0.25, 0.3) is 0 Å². The van der Waals surface area contributed by atoms with Crippen LogP contribution < -0.4 is 11.1 Å². The van der Waals surface area contributed by atoms with E-state index in [9.17, 15) is 0 Å². The minimum absolute atomic E-state index is 0.640. The Morgan fingerprint density at radius 1 is 1.08 bits per heavy atom. The highest BCUT2D eigenvalue weighted by molar-refractivity contribution is 6.60. The van der Waals surface area contributed by atoms with Gasteiger partial charge in [-0.25, -0.2) is 0 Å². The van der Waals surface area contributed by atoms with Gasteiger partial charge in [0.15, 0.2) is 0 Å². The van der Waals surface area contributed by atoms with Crippen molar-refractivity contribution >= 4 is 8.80 Å². The zero-order valence-electron chi connectivity index (χ0n) is 8.63. The van der Waals surface area contributed by atoms with Crippen molar-refractivity contribution in [2.45, 2.75) is 6.04 Å². The van der Waals surface area contributed by atoms with E-state index in [2.05, 4.69) is 5.32 Å². The number of hydrogen-bond donors (Lipinski definition) is 2. The molecule has 0 aromatic carbocycles. The summed E-state index contributed by atoms with van der Waals surface area (Å²) in [5.41, 5.74) is 5.33. The van der Waals surface area contributed by atoms with Crippen molar-refractivity contribution < 1.29 is 13.3 Å². The Morgan fingerprint density at radius 2 is 1.62 bits per heavy atom. The second-order valence-corrected chi connectivity index (χ2v) is 5.67. The van der Waals surface area contributed by atoms with Crippen LogP contribution in [0.5, 0.6) is 0 Å². The van der Waals surface area contributed by atoms with E-state index in [4.69, 9.17) is 19.0 Å². The highest BCUT2D eigenvalue weighted by Crippen LogP contribution is 2.10. The van der Waals surface area contributed by atoms with Crippen molar-refractivity contribution in [3.8, 4) is 0 Å². The lowest BCUT2D eigenvalue weighted by Crippen LogP contribution is -2.45. The molecule has 0 rings (SSSR count). The molecular weight excluding hydrogens is 188 g/mol. The van der Waals surface area contributed by atoms with Gasteiger partial charge in [-0.15, -0.1) is 0 Å². The first-order chi connectivity index (χ1) is 6.24. The van der Waals surface area contributed by atoms with Crippen molar-refractivity contribution in [1.29, 1.82) is 0 Å². The van der Waals surface area contributed by atoms with Crippen molar-refractivity contribution in [3.63, 3.8) is 0 Å². The maximum Gasteiger partial charge on any atom is 0.501 e. The number of nitrogens with two attached hydrogens (primary N) is 1. The zero-order valence-corrected chi connectivity index (χ0v) is 9.63. The standard InChI is InChI=1S/C7H20N2O3Si/c1-10-13(11-2,12-3)7-6-9-5-4-8/h9H,4-8H2,1-3H3. The normalized spacial score (nSPS) is 12.0. The molecule has 0 spiro atoms. The maximum atomic E-state index is 5.33. The SMILES string of the molecule is CO[Si](CCNCCN)(OC)OC. The Balaban J connectivity index is 3.68. The topological polar surface area (TPSA) is 65.7 Å². The van der Waals surface area contributed by atoms with E-state index in [-0.39, 0.29) is 0 Å². The van der Waals surface area contributed by atoms with Crippen LogP contribution in [0.15, 0.2) is 0 Å². The van der Waals surface area contributed by atoms with E-state index >= 15 is 0 Å². The van der Waals surface area contributed by atoms with Crippen LogP contribution in [0.4, 0.5) is 0 Å². The predicted octanol–water partition coefficient (Wildman–Crippen LogP) is -0.587. The molecule has 0 saturated heterocycles. The minimum atomic E-state index is -2.37. The van der Waals surface area contributed by atoms with E-state index in [0.29, 0.717) is 6.54 Å². The summed E-state index contributed by atoms with van der Waals surface area (Å²) in [6.45, 7) is 2.25. The van der Waals surface area contributed by atoms with Crippen LogP contribution in [0.1, 0.15) is 0 Å². The van der Waals surface area contributed by atoms with Gasteiger partial charge in [0.2, 0.25) is 0 Å². The molecule has 13 heavy (non-hydrogen) atoms. The lowest BCUT2D eigenvalue weighted by atomic mass is 10.6. The molecule has 0 aromatic rings. The lowest BCUT2D eigenvalue weighted by molar-refractivity contribution is 0.123. The van der Waals surface area contributed by atoms with Gasteiger partial charge in [0.05, 0.1) is 0 Å². The quantitative estimate of drug-likeness (QED) is 0.412. The van der Waals surface area contributed by atoms with Gasteiger partial charge in [-0.05, 0) is 6.54 Å². The summed E-state index contributed by atoms with van der Waals surface area (Å²) < 4.78 is 15.7. The van der Waals surface area contributed by atoms with Gasteiger partial charge < -0.3 is 24.3 Å². The van der Waals surface area contributed by atoms with E-state index in [1.807, 2.05) is 0 Å². The third-order valence-electron chi connectivity index (χ3n) is 1.86. The van der Waals surface area contributed by atoms with Crippen LogP contribution in [0.2, 0.25) is 6.04 Å². The van der Waals surface area contributed by atoms with Crippen LogP contribution in [0.3, 0.4) is 0 Å². The summed E-state index contributed by atoms with van der Waals surface area (Å²) in [5.74, 6) is 0. The third-order valence-corrected chi connectivity index (χ3v) is 4.59. The van der Waals surface area contributed by atoms with Gasteiger partial charge in [0, 0.05) is 40.5 Å². The Morgan fingerprint density at radius 3 is 2.00 bits per heavy atom. The third kappa shape index (κ3) is 4.70. The van der Waals surface area contributed by atoms with Crippen molar-refractivity contribution in [2.75, 3.05) is 41.0 Å². The van der Waals surface area contributed by atoms with E-state index in [1.165, 1.54) is 0 Å². The monoisotopic (exact) mass is 208 g/mol. The van der Waals surface area contributed by atoms with E-state index < -0.39 is 8.80 Å². The van der Waals surface area contributed by atoms with Crippen molar-refractivity contribution in [2.24, 2.45) is 5.73 Å². The Kier molecular flexibility index (Phi) is 7.43. The summed E-state index contributed by atoms with van der Waals surface area (Å²) in [6.07, 6.45) is 0. The lowest BCUT2D eigenvalue weighted by Gasteiger charge is -2.24. The summed E-state index contributed by atoms with van der Waals surface area (Å²) >= 11 is 0. The maximum absolute atomic E-state index is 5.33. The first kappa shape index (κ1) is 13.0. The van der Waals surface area contributed by atoms with Crippen LogP contribution in [0, 0.1) is 0 Å². The molecule has 0 atom stereocenters. The largest absolute Gasteiger partial charge is 0.501 e. The fourth-order valence-corrected chi connectivity index (χ4v) is 2.62. The fraction of sp³-hybridized carbons (Fsp3) is 1.00. The molecule has 0 bridgehead atoms. The molecule has 0 aromatic heterocycles. The van der Waals surface area contributed by atoms with Gasteiger partial charge in [-0.2, -0.15) is 0 Å². The number of nitrogens with one attached hydrogen (secondary N) is 1. The average Bonchev–Trinajstić information content (AvgIpc) is 2.20. The van der Waals surface area contributed by atoms with Gasteiger partial charge in [0.25, 0.3) is 0 Å². The summed E-state index contributed by atoms with van der Waals surface area (Å²) in [4.78, 5) is 0. The summed E-state index contributed by atoms with van der Waals surface area (Å²) in [7, 11) is 2.47. The molecule has 3 N–H and O–H groups in total. The van der Waals surface area contributed by atoms with Crippen LogP contribution in [-0.2, 0) is 13.3 Å². The fourth-order valence-electron chi connectivity index (χ4n) is 1.02. The molecule has 0 fully saturated rings. The molecule has 6 heteroatoms. The molecule has 0 heterocycles. The molecule has 0 saturated carbocycles. The molecule has 5 nitrogen and oxygen atoms in total. The summed E-state index contributed by atoms with van der Waals surface area (Å²) in [6, 6.07) is 0.760. The predicted molar refractivity (Wildman–Crippen MR) is 53.5 cm³/mol. The second kappa shape index (κ2) is 7.42. The Hall–Kier alpha value is 0.0169. The zero-order chi connectivity index (χ0) is 10.2. The molecule has 0 aliphatic carbocycles. The van der Waals surface area contributed by atoms with Crippen molar-refractivity contribution in [1.82, 2.24) is 5.32 Å². The first-order valence-corrected chi connectivity index (χ1v) is 6.24. The van der Waals surface area contributed by atoms with Crippen molar-refractivity contribution in [3.05, 3.63) is 0 Å². The average molecular weight is 208 g/mol. The number of hydrogen-bond acceptors (Lipinski definition) is 5. The molecule has 0 radical (unpaired) electrons. The van der Waals surface area contributed by atoms with E-state index in [1.54, 1.807) is 21.3 Å². The Bertz CT molecular complexity index is 114. The van der Waals surface area contributed by atoms with Crippen LogP contribution >= 0.6 is 0 Å². The van der Waals surface area contributed by atoms with Gasteiger partial charge in [-0.1, -0.05) is 0 Å². The second-order valence-electron chi connectivity index (χ2n) is 2.58. The Labute approximate surface area is 80.9 Å². The summed E-state index contributed by atoms with van der Waals surface area (Å²) in [5, 5.41) is 3.16. The van der Waals surface area contributed by atoms with Gasteiger partial charge in [-0.3, -0.25) is 0 Å². The molecule has 0 aliphatic rings. The highest BCUT2D eigenvalue weighted by Gasteiger charge is 2.36. The number of rotatable bonds is 8. The smallest absolute Gasteiger partial charge is 0.377 e. The highest BCUT2D eigenvalue weighted by atomic mass is 28.4. The molecule has 0 amide bonds. The van der Waals surface area contributed by atoms with Gasteiger partial charge in [0.1, 0.15) is 0 Å². The van der Waals surface area contributed by atoms with E-state index in [0.717, 1.165) is 19.1 Å².